The average molecular weight is 368 g/mol. The summed E-state index contributed by atoms with van der Waals surface area (Å²) in [7, 11) is 2.16. The van der Waals surface area contributed by atoms with Crippen molar-refractivity contribution in [2.45, 2.75) is 38.0 Å². The van der Waals surface area contributed by atoms with Crippen LogP contribution < -0.4 is 10.6 Å². The van der Waals surface area contributed by atoms with Gasteiger partial charge in [0.25, 0.3) is 5.91 Å². The largest absolute Gasteiger partial charge is 0.322 e. The van der Waals surface area contributed by atoms with E-state index in [1.165, 1.54) is 0 Å². The van der Waals surface area contributed by atoms with Gasteiger partial charge in [-0.3, -0.25) is 24.6 Å². The Morgan fingerprint density at radius 2 is 1.96 bits per heavy atom. The molecule has 0 bridgehead atoms. The van der Waals surface area contributed by atoms with E-state index in [9.17, 15) is 14.4 Å². The van der Waals surface area contributed by atoms with Gasteiger partial charge in [0.05, 0.1) is 0 Å². The summed E-state index contributed by atoms with van der Waals surface area (Å²) < 4.78 is 0. The molecule has 3 heterocycles. The Kier molecular flexibility index (Phi) is 3.84. The monoisotopic (exact) mass is 368 g/mol. The summed E-state index contributed by atoms with van der Waals surface area (Å²) in [5, 5.41) is 5.77. The molecule has 2 unspecified atom stereocenters. The highest BCUT2D eigenvalue weighted by atomic mass is 16.2. The number of hydrogen-bond donors (Lipinski definition) is 2. The van der Waals surface area contributed by atoms with Crippen molar-refractivity contribution in [3.05, 3.63) is 34.9 Å². The molecule has 3 amide bonds. The molecule has 2 N–H and O–H groups in total. The molecule has 2 saturated heterocycles. The number of carbonyl (C=O) groups is 3. The maximum Gasteiger partial charge on any atom is 0.255 e. The molecule has 7 nitrogen and oxygen atoms in total. The molecule has 1 aromatic carbocycles. The summed E-state index contributed by atoms with van der Waals surface area (Å²) in [5.74, 6) is 0.826. The maximum absolute atomic E-state index is 12.9. The first-order chi connectivity index (χ1) is 13.0. The normalized spacial score (nSPS) is 31.9. The minimum Gasteiger partial charge on any atom is -0.322 e. The molecular formula is C20H24N4O3. The predicted molar refractivity (Wildman–Crippen MR) is 97.6 cm³/mol. The molecule has 1 saturated carbocycles. The van der Waals surface area contributed by atoms with Crippen LogP contribution in [0.25, 0.3) is 0 Å². The first-order valence-corrected chi connectivity index (χ1v) is 9.70. The van der Waals surface area contributed by atoms with E-state index in [1.54, 1.807) is 4.90 Å². The van der Waals surface area contributed by atoms with E-state index in [2.05, 4.69) is 28.6 Å². The molecule has 4 aliphatic rings. The highest BCUT2D eigenvalue weighted by Gasteiger charge is 2.54. The SMILES string of the molecule is CN(Cc1ccc2c(c1)C(=O)N(C1CCC(=O)NC1=O)C2)C1[C@H]2CNC[C@@H]12. The van der Waals surface area contributed by atoms with E-state index >= 15 is 0 Å². The third-order valence-electron chi connectivity index (χ3n) is 6.58. The Morgan fingerprint density at radius 3 is 2.70 bits per heavy atom. The minimum atomic E-state index is -0.549. The number of nitrogens with zero attached hydrogens (tertiary/aromatic N) is 2. The molecule has 7 heteroatoms. The second-order valence-corrected chi connectivity index (χ2v) is 8.28. The molecular weight excluding hydrogens is 344 g/mol. The highest BCUT2D eigenvalue weighted by molar-refractivity contribution is 6.05. The van der Waals surface area contributed by atoms with E-state index in [4.69, 9.17) is 0 Å². The predicted octanol–water partition coefficient (Wildman–Crippen LogP) is 0.0972. The Morgan fingerprint density at radius 1 is 1.19 bits per heavy atom. The zero-order chi connectivity index (χ0) is 18.7. The van der Waals surface area contributed by atoms with Crippen LogP contribution in [-0.4, -0.2) is 59.7 Å². The summed E-state index contributed by atoms with van der Waals surface area (Å²) in [6.45, 7) is 3.50. The maximum atomic E-state index is 12.9. The first kappa shape index (κ1) is 16.9. The molecule has 4 atom stereocenters. The minimum absolute atomic E-state index is 0.100. The van der Waals surface area contributed by atoms with E-state index < -0.39 is 6.04 Å². The zero-order valence-corrected chi connectivity index (χ0v) is 15.4. The van der Waals surface area contributed by atoms with E-state index in [1.807, 2.05) is 12.1 Å². The molecule has 142 valence electrons. The van der Waals surface area contributed by atoms with Crippen molar-refractivity contribution >= 4 is 17.7 Å². The number of hydrogen-bond acceptors (Lipinski definition) is 5. The number of imide groups is 1. The standard InChI is InChI=1S/C20H24N4O3/c1-23(18-14-7-21-8-15(14)18)9-11-2-3-12-10-24(20(27)13(12)6-11)16-4-5-17(25)22-19(16)26/h2-3,6,14-16,18,21H,4-5,7-10H2,1H3,(H,22,25,26)/t14-,15+,16?,18?. The van der Waals surface area contributed by atoms with E-state index in [-0.39, 0.29) is 24.1 Å². The van der Waals surface area contributed by atoms with Crippen LogP contribution in [-0.2, 0) is 22.7 Å². The topological polar surface area (TPSA) is 81.8 Å². The lowest BCUT2D eigenvalue weighted by molar-refractivity contribution is -0.136. The van der Waals surface area contributed by atoms with Crippen molar-refractivity contribution in [1.82, 2.24) is 20.4 Å². The molecule has 3 fully saturated rings. The number of rotatable bonds is 4. The summed E-state index contributed by atoms with van der Waals surface area (Å²) in [6.07, 6.45) is 0.684. The fourth-order valence-electron chi connectivity index (χ4n) is 5.13. The van der Waals surface area contributed by atoms with Crippen molar-refractivity contribution in [3.63, 3.8) is 0 Å². The van der Waals surface area contributed by atoms with Crippen LogP contribution >= 0.6 is 0 Å². The fraction of sp³-hybridized carbons (Fsp3) is 0.550. The number of carbonyl (C=O) groups excluding carboxylic acids is 3. The van der Waals surface area contributed by atoms with Crippen molar-refractivity contribution in [3.8, 4) is 0 Å². The second kappa shape index (κ2) is 6.14. The van der Waals surface area contributed by atoms with Gasteiger partial charge in [-0.15, -0.1) is 0 Å². The van der Waals surface area contributed by atoms with Gasteiger partial charge in [0.15, 0.2) is 0 Å². The Hall–Kier alpha value is -2.25. The van der Waals surface area contributed by atoms with Gasteiger partial charge in [0.2, 0.25) is 11.8 Å². The fourth-order valence-corrected chi connectivity index (χ4v) is 5.13. The van der Waals surface area contributed by atoms with Crippen LogP contribution in [0, 0.1) is 11.8 Å². The van der Waals surface area contributed by atoms with Crippen LogP contribution in [0.1, 0.15) is 34.3 Å². The molecule has 5 rings (SSSR count). The Labute approximate surface area is 158 Å². The van der Waals surface area contributed by atoms with Crippen LogP contribution in [0.15, 0.2) is 18.2 Å². The van der Waals surface area contributed by atoms with Crippen LogP contribution in [0.3, 0.4) is 0 Å². The highest BCUT2D eigenvalue weighted by Crippen LogP contribution is 2.45. The second-order valence-electron chi connectivity index (χ2n) is 8.28. The third-order valence-corrected chi connectivity index (χ3v) is 6.58. The van der Waals surface area contributed by atoms with Gasteiger partial charge in [-0.05, 0) is 55.6 Å². The average Bonchev–Trinajstić information content (AvgIpc) is 2.95. The van der Waals surface area contributed by atoms with Gasteiger partial charge >= 0.3 is 0 Å². The molecule has 1 aromatic rings. The Balaban J connectivity index is 1.29. The van der Waals surface area contributed by atoms with Crippen molar-refractivity contribution in [1.29, 1.82) is 0 Å². The van der Waals surface area contributed by atoms with Crippen LogP contribution in [0.2, 0.25) is 0 Å². The molecule has 0 spiro atoms. The van der Waals surface area contributed by atoms with Gasteiger partial charge < -0.3 is 10.2 Å². The molecule has 3 aliphatic heterocycles. The lowest BCUT2D eigenvalue weighted by Crippen LogP contribution is -2.52. The van der Waals surface area contributed by atoms with Crippen molar-refractivity contribution in [2.24, 2.45) is 11.8 Å². The van der Waals surface area contributed by atoms with Crippen molar-refractivity contribution in [2.75, 3.05) is 20.1 Å². The van der Waals surface area contributed by atoms with Gasteiger partial charge in [-0.25, -0.2) is 0 Å². The number of fused-ring (bicyclic) bond motifs is 2. The van der Waals surface area contributed by atoms with Crippen LogP contribution in [0.5, 0.6) is 0 Å². The van der Waals surface area contributed by atoms with Gasteiger partial charge in [0, 0.05) is 31.1 Å². The number of amides is 3. The Bertz CT molecular complexity index is 829. The smallest absolute Gasteiger partial charge is 0.255 e. The lowest BCUT2D eigenvalue weighted by atomic mass is 10.0. The zero-order valence-electron chi connectivity index (χ0n) is 15.4. The quantitative estimate of drug-likeness (QED) is 0.737. The molecule has 27 heavy (non-hydrogen) atoms. The van der Waals surface area contributed by atoms with Gasteiger partial charge in [-0.1, -0.05) is 12.1 Å². The van der Waals surface area contributed by atoms with Crippen LogP contribution in [0.4, 0.5) is 0 Å². The van der Waals surface area contributed by atoms with E-state index in [0.29, 0.717) is 24.6 Å². The summed E-state index contributed by atoms with van der Waals surface area (Å²) in [4.78, 5) is 40.4. The first-order valence-electron chi connectivity index (χ1n) is 9.70. The number of piperidine rings is 2. The summed E-state index contributed by atoms with van der Waals surface area (Å²) >= 11 is 0. The molecule has 0 aromatic heterocycles. The molecule has 0 radical (unpaired) electrons. The summed E-state index contributed by atoms with van der Waals surface area (Å²) in [6, 6.07) is 6.18. The summed E-state index contributed by atoms with van der Waals surface area (Å²) in [5.41, 5.74) is 2.79. The number of benzene rings is 1. The van der Waals surface area contributed by atoms with Gasteiger partial charge in [0.1, 0.15) is 6.04 Å². The lowest BCUT2D eigenvalue weighted by Gasteiger charge is -2.29. The van der Waals surface area contributed by atoms with Gasteiger partial charge in [-0.2, -0.15) is 0 Å². The molecule has 1 aliphatic carbocycles. The number of nitrogens with one attached hydrogen (secondary N) is 2. The van der Waals surface area contributed by atoms with Crippen molar-refractivity contribution < 1.29 is 14.4 Å². The van der Waals surface area contributed by atoms with E-state index in [0.717, 1.165) is 42.6 Å². The third kappa shape index (κ3) is 2.76.